The van der Waals surface area contributed by atoms with Gasteiger partial charge in [-0.1, -0.05) is 48.5 Å². The zero-order chi connectivity index (χ0) is 13.9. The van der Waals surface area contributed by atoms with Crippen LogP contribution in [0.4, 0.5) is 0 Å². The Balaban J connectivity index is 2.29. The van der Waals surface area contributed by atoms with Crippen molar-refractivity contribution < 1.29 is 19.1 Å². The van der Waals surface area contributed by atoms with Crippen molar-refractivity contribution in [2.45, 2.75) is 6.16 Å². The molecule has 2 aromatic rings. The van der Waals surface area contributed by atoms with Gasteiger partial charge in [-0.2, -0.15) is 0 Å². The van der Waals surface area contributed by atoms with Crippen molar-refractivity contribution in [2.75, 3.05) is 0 Å². The fraction of sp³-hybridized carbons (Fsp3) is 0.0714. The molecule has 0 saturated heterocycles. The maximum atomic E-state index is 12.2. The predicted octanol–water partition coefficient (Wildman–Crippen LogP) is 2.60. The Morgan fingerprint density at radius 3 is 2.21 bits per heavy atom. The van der Waals surface area contributed by atoms with E-state index in [1.54, 1.807) is 42.5 Å². The summed E-state index contributed by atoms with van der Waals surface area (Å²) in [5.41, 5.74) is 1.43. The van der Waals surface area contributed by atoms with E-state index in [9.17, 15) is 9.36 Å². The maximum absolute atomic E-state index is 12.2. The molecule has 2 N–H and O–H groups in total. The Morgan fingerprint density at radius 1 is 0.947 bits per heavy atom. The van der Waals surface area contributed by atoms with Gasteiger partial charge >= 0.3 is 7.60 Å². The summed E-state index contributed by atoms with van der Waals surface area (Å²) in [5, 5.41) is 0. The average molecular weight is 276 g/mol. The molecule has 0 aliphatic carbocycles. The molecule has 0 aromatic heterocycles. The first kappa shape index (κ1) is 13.7. The van der Waals surface area contributed by atoms with E-state index in [0.717, 1.165) is 0 Å². The summed E-state index contributed by atoms with van der Waals surface area (Å²) in [6, 6.07) is 15.2. The van der Waals surface area contributed by atoms with Crippen LogP contribution in [0.2, 0.25) is 0 Å². The standard InChI is InChI=1S/C14H13O4P/c15-14(12-6-2-1-3-7-12)13-8-4-5-11(9-13)10-19(16,17)18/h1-9H,10H2,(H2,16,17,18). The van der Waals surface area contributed by atoms with Crippen LogP contribution >= 0.6 is 7.60 Å². The van der Waals surface area contributed by atoms with E-state index < -0.39 is 7.60 Å². The molecule has 98 valence electrons. The van der Waals surface area contributed by atoms with Crippen molar-refractivity contribution in [1.29, 1.82) is 0 Å². The third kappa shape index (κ3) is 3.86. The number of ketones is 1. The lowest BCUT2D eigenvalue weighted by Crippen LogP contribution is -2.01. The first-order valence-electron chi connectivity index (χ1n) is 5.69. The Labute approximate surface area is 110 Å². The van der Waals surface area contributed by atoms with Gasteiger partial charge in [-0.15, -0.1) is 0 Å². The normalized spacial score (nSPS) is 11.3. The molecule has 2 aromatic carbocycles. The van der Waals surface area contributed by atoms with E-state index in [2.05, 4.69) is 0 Å². The molecule has 0 saturated carbocycles. The van der Waals surface area contributed by atoms with Gasteiger partial charge < -0.3 is 9.79 Å². The number of carbonyl (C=O) groups is 1. The fourth-order valence-corrected chi connectivity index (χ4v) is 2.48. The number of hydrogen-bond donors (Lipinski definition) is 2. The summed E-state index contributed by atoms with van der Waals surface area (Å²) in [7, 11) is -4.12. The molecular formula is C14H13O4P. The van der Waals surface area contributed by atoms with Gasteiger partial charge in [0.2, 0.25) is 0 Å². The van der Waals surface area contributed by atoms with Crippen LogP contribution in [0.1, 0.15) is 21.5 Å². The van der Waals surface area contributed by atoms with E-state index in [1.165, 1.54) is 6.07 Å². The molecular weight excluding hydrogens is 263 g/mol. The SMILES string of the molecule is O=C(c1ccccc1)c1cccc(CP(=O)(O)O)c1. The van der Waals surface area contributed by atoms with Gasteiger partial charge in [0.1, 0.15) is 0 Å². The molecule has 0 aliphatic heterocycles. The third-order valence-corrected chi connectivity index (χ3v) is 3.39. The predicted molar refractivity (Wildman–Crippen MR) is 72.1 cm³/mol. The molecule has 0 unspecified atom stereocenters. The van der Waals surface area contributed by atoms with Gasteiger partial charge in [-0.25, -0.2) is 0 Å². The Bertz CT molecular complexity index is 631. The number of hydrogen-bond acceptors (Lipinski definition) is 2. The zero-order valence-corrected chi connectivity index (χ0v) is 11.0. The summed E-state index contributed by atoms with van der Waals surface area (Å²) in [4.78, 5) is 30.1. The van der Waals surface area contributed by atoms with E-state index in [1.807, 2.05) is 6.07 Å². The quantitative estimate of drug-likeness (QED) is 0.665. The number of benzene rings is 2. The third-order valence-electron chi connectivity index (χ3n) is 2.61. The van der Waals surface area contributed by atoms with Crippen LogP contribution in [0.25, 0.3) is 0 Å². The molecule has 0 amide bonds. The highest BCUT2D eigenvalue weighted by molar-refractivity contribution is 7.50. The van der Waals surface area contributed by atoms with Crippen LogP contribution in [0, 0.1) is 0 Å². The fourth-order valence-electron chi connectivity index (χ4n) is 1.80. The van der Waals surface area contributed by atoms with Gasteiger partial charge in [-0.3, -0.25) is 9.36 Å². The van der Waals surface area contributed by atoms with E-state index >= 15 is 0 Å². The van der Waals surface area contributed by atoms with Crippen molar-refractivity contribution in [3.63, 3.8) is 0 Å². The van der Waals surface area contributed by atoms with Crippen molar-refractivity contribution in [1.82, 2.24) is 0 Å². The summed E-state index contributed by atoms with van der Waals surface area (Å²) < 4.78 is 11.0. The number of rotatable bonds is 4. The van der Waals surface area contributed by atoms with Crippen LogP contribution in [-0.4, -0.2) is 15.6 Å². The van der Waals surface area contributed by atoms with Gasteiger partial charge in [-0.05, 0) is 11.6 Å². The van der Waals surface area contributed by atoms with Crippen molar-refractivity contribution in [3.8, 4) is 0 Å². The minimum atomic E-state index is -4.12. The topological polar surface area (TPSA) is 74.6 Å². The summed E-state index contributed by atoms with van der Waals surface area (Å²) in [6.45, 7) is 0. The minimum absolute atomic E-state index is 0.159. The highest BCUT2D eigenvalue weighted by atomic mass is 31.2. The first-order valence-corrected chi connectivity index (χ1v) is 7.49. The largest absolute Gasteiger partial charge is 0.329 e. The van der Waals surface area contributed by atoms with E-state index in [0.29, 0.717) is 16.7 Å². The molecule has 19 heavy (non-hydrogen) atoms. The molecule has 0 aliphatic rings. The van der Waals surface area contributed by atoms with Crippen LogP contribution < -0.4 is 0 Å². The molecule has 0 fully saturated rings. The van der Waals surface area contributed by atoms with Crippen LogP contribution in [-0.2, 0) is 10.7 Å². The number of carbonyl (C=O) groups excluding carboxylic acids is 1. The Morgan fingerprint density at radius 2 is 1.58 bits per heavy atom. The highest BCUT2D eigenvalue weighted by Crippen LogP contribution is 2.39. The Hall–Kier alpha value is -1.74. The summed E-state index contributed by atoms with van der Waals surface area (Å²) >= 11 is 0. The lowest BCUT2D eigenvalue weighted by molar-refractivity contribution is 0.103. The average Bonchev–Trinajstić information content (AvgIpc) is 2.37. The van der Waals surface area contributed by atoms with E-state index in [4.69, 9.17) is 9.79 Å². The van der Waals surface area contributed by atoms with Crippen molar-refractivity contribution in [2.24, 2.45) is 0 Å². The maximum Gasteiger partial charge on any atom is 0.329 e. The molecule has 4 nitrogen and oxygen atoms in total. The van der Waals surface area contributed by atoms with E-state index in [-0.39, 0.29) is 11.9 Å². The Kier molecular flexibility index (Phi) is 3.96. The first-order chi connectivity index (χ1) is 8.96. The lowest BCUT2D eigenvalue weighted by atomic mass is 10.0. The zero-order valence-electron chi connectivity index (χ0n) is 10.1. The van der Waals surface area contributed by atoms with Gasteiger partial charge in [0.05, 0.1) is 6.16 Å². The molecule has 2 rings (SSSR count). The molecule has 0 heterocycles. The van der Waals surface area contributed by atoms with Gasteiger partial charge in [0.25, 0.3) is 0 Å². The second-order valence-electron chi connectivity index (χ2n) is 4.22. The molecule has 0 atom stereocenters. The van der Waals surface area contributed by atoms with Gasteiger partial charge in [0.15, 0.2) is 5.78 Å². The molecule has 0 bridgehead atoms. The second kappa shape index (κ2) is 5.49. The van der Waals surface area contributed by atoms with Crippen molar-refractivity contribution in [3.05, 3.63) is 71.3 Å². The monoisotopic (exact) mass is 276 g/mol. The second-order valence-corrected chi connectivity index (χ2v) is 5.86. The van der Waals surface area contributed by atoms with Gasteiger partial charge in [0, 0.05) is 11.1 Å². The summed E-state index contributed by atoms with van der Waals surface area (Å²) in [5.74, 6) is -0.159. The minimum Gasteiger partial charge on any atom is -0.324 e. The molecule has 5 heteroatoms. The smallest absolute Gasteiger partial charge is 0.324 e. The molecule has 0 spiro atoms. The van der Waals surface area contributed by atoms with Crippen LogP contribution in [0.15, 0.2) is 54.6 Å². The lowest BCUT2D eigenvalue weighted by Gasteiger charge is -2.06. The van der Waals surface area contributed by atoms with Crippen molar-refractivity contribution >= 4 is 13.4 Å². The summed E-state index contributed by atoms with van der Waals surface area (Å²) in [6.07, 6.45) is -0.358. The van der Waals surface area contributed by atoms with Crippen LogP contribution in [0.5, 0.6) is 0 Å². The highest BCUT2D eigenvalue weighted by Gasteiger charge is 2.15. The van der Waals surface area contributed by atoms with Crippen LogP contribution in [0.3, 0.4) is 0 Å². The molecule has 0 radical (unpaired) electrons.